The van der Waals surface area contributed by atoms with Crippen molar-refractivity contribution >= 4 is 80.8 Å². The van der Waals surface area contributed by atoms with Crippen LogP contribution in [0.4, 0.5) is 22.7 Å². The summed E-state index contributed by atoms with van der Waals surface area (Å²) in [5.74, 6) is 0. The summed E-state index contributed by atoms with van der Waals surface area (Å²) in [6, 6.07) is 70.4. The van der Waals surface area contributed by atoms with Gasteiger partial charge in [-0.05, 0) is 70.6 Å². The highest BCUT2D eigenvalue weighted by Crippen LogP contribution is 2.56. The molecular weight excluding hydrogens is 802 g/mol. The maximum Gasteiger partial charge on any atom is 0.422 e. The van der Waals surface area contributed by atoms with E-state index in [1.165, 1.54) is 45.0 Å². The third-order valence-corrected chi connectivity index (χ3v) is 14.6. The summed E-state index contributed by atoms with van der Waals surface area (Å²) in [6.07, 6.45) is 4.18. The summed E-state index contributed by atoms with van der Waals surface area (Å²) >= 11 is 0. The molecule has 13 rings (SSSR count). The number of benzene rings is 7. The lowest BCUT2D eigenvalue weighted by Gasteiger charge is -2.38. The van der Waals surface area contributed by atoms with Gasteiger partial charge in [-0.1, -0.05) is 173 Å². The van der Waals surface area contributed by atoms with E-state index in [0.717, 1.165) is 55.5 Å². The zero-order valence-corrected chi connectivity index (χ0v) is 37.5. The van der Waals surface area contributed by atoms with E-state index < -0.39 is 0 Å². The van der Waals surface area contributed by atoms with Crippen molar-refractivity contribution < 1.29 is 0 Å². The minimum absolute atomic E-state index is 0.186. The normalized spacial score (nSPS) is 16.7. The van der Waals surface area contributed by atoms with Crippen LogP contribution in [-0.2, 0) is 10.8 Å². The molecule has 0 saturated heterocycles. The predicted molar refractivity (Wildman–Crippen MR) is 276 cm³/mol. The largest absolute Gasteiger partial charge is 0.422 e. The van der Waals surface area contributed by atoms with Crippen LogP contribution in [0.15, 0.2) is 218 Å². The van der Waals surface area contributed by atoms with Crippen LogP contribution < -0.4 is 30.2 Å². The fourth-order valence-electron chi connectivity index (χ4n) is 11.8. The highest BCUT2D eigenvalue weighted by atomic mass is 15.3. The average molecular weight is 849 g/mol. The van der Waals surface area contributed by atoms with Crippen LogP contribution in [0.25, 0.3) is 33.2 Å². The number of fused-ring (bicyclic) bond motifs is 7. The van der Waals surface area contributed by atoms with Crippen LogP contribution >= 0.6 is 0 Å². The maximum absolute atomic E-state index is 5.36. The second kappa shape index (κ2) is 14.3. The molecule has 0 spiro atoms. The molecule has 66 heavy (non-hydrogen) atoms. The molecule has 0 unspecified atom stereocenters. The molecule has 0 radical (unpaired) electrons. The van der Waals surface area contributed by atoms with E-state index in [0.29, 0.717) is 0 Å². The Morgan fingerprint density at radius 1 is 0.364 bits per heavy atom. The number of anilines is 4. The zero-order chi connectivity index (χ0) is 44.3. The van der Waals surface area contributed by atoms with Gasteiger partial charge in [0.05, 0.1) is 22.4 Å². The van der Waals surface area contributed by atoms with Crippen LogP contribution in [0.5, 0.6) is 0 Å². The van der Waals surface area contributed by atoms with Gasteiger partial charge in [-0.25, -0.2) is 0 Å². The number of para-hydroxylation sites is 4. The van der Waals surface area contributed by atoms with Crippen molar-refractivity contribution in [3.8, 4) is 0 Å². The van der Waals surface area contributed by atoms with Crippen molar-refractivity contribution in [1.82, 2.24) is 9.97 Å². The SMILES string of the molecule is CC1(C)C2=C(c3ccccc31)N(c1ccccc1)B(c1cnc3c(ccc4cc(B5N(c6ccccc6)C6=C(N5c5ccccc5)C(C)(C)c5ccccc56)cnc43)c1)N2c1ccccc1. The lowest BCUT2D eigenvalue weighted by atomic mass is 9.63. The lowest BCUT2D eigenvalue weighted by Crippen LogP contribution is -2.56. The van der Waals surface area contributed by atoms with Gasteiger partial charge in [0.25, 0.3) is 0 Å². The average Bonchev–Trinajstić information content (AvgIpc) is 4.06. The van der Waals surface area contributed by atoms with Gasteiger partial charge in [-0.2, -0.15) is 0 Å². The van der Waals surface area contributed by atoms with Crippen LogP contribution in [-0.4, -0.2) is 23.9 Å². The molecule has 8 heteroatoms. The van der Waals surface area contributed by atoms with E-state index in [4.69, 9.17) is 9.97 Å². The highest BCUT2D eigenvalue weighted by molar-refractivity contribution is 6.85. The first-order valence-corrected chi connectivity index (χ1v) is 23.1. The molecule has 2 aliphatic carbocycles. The minimum atomic E-state index is -0.244. The number of aromatic nitrogens is 2. The Morgan fingerprint density at radius 2 is 0.682 bits per heavy atom. The molecule has 4 heterocycles. The van der Waals surface area contributed by atoms with Crippen LogP contribution in [0.2, 0.25) is 0 Å². The van der Waals surface area contributed by atoms with Crippen LogP contribution in [0.1, 0.15) is 49.9 Å². The Bertz CT molecular complexity index is 3230. The third-order valence-electron chi connectivity index (χ3n) is 14.6. The monoisotopic (exact) mass is 848 g/mol. The summed E-state index contributed by atoms with van der Waals surface area (Å²) in [4.78, 5) is 20.9. The summed E-state index contributed by atoms with van der Waals surface area (Å²) in [7, 11) is 0. The number of rotatable bonds is 6. The lowest BCUT2D eigenvalue weighted by molar-refractivity contribution is 0.632. The Balaban J connectivity index is 0.963. The van der Waals surface area contributed by atoms with E-state index in [2.05, 4.69) is 253 Å². The topological polar surface area (TPSA) is 38.7 Å². The van der Waals surface area contributed by atoms with E-state index in [9.17, 15) is 0 Å². The summed E-state index contributed by atoms with van der Waals surface area (Å²) in [5.41, 5.74) is 18.4. The van der Waals surface area contributed by atoms with Crippen molar-refractivity contribution in [3.63, 3.8) is 0 Å². The molecule has 7 aromatic carbocycles. The standard InChI is InChI=1S/C58H46B2N6/c1-57(2)49-31-19-17-29-47(49)53-55(57)65(45-25-13-7-14-26-45)59(63(53)43-21-9-5-10-22-43)41-35-39-33-34-40-36-42(38-62-52(40)51(39)61-37-41)60-64(44-23-11-6-12-24-44)54-48-30-18-20-32-50(48)58(3,4)56(54)66(60)46-27-15-8-16-28-46/h5-38H,1-4H3. The molecule has 314 valence electrons. The Morgan fingerprint density at radius 3 is 1.05 bits per heavy atom. The van der Waals surface area contributed by atoms with Gasteiger partial charge in [0, 0.05) is 79.3 Å². The molecule has 0 amide bonds. The first-order valence-electron chi connectivity index (χ1n) is 23.1. The Hall–Kier alpha value is -7.83. The number of allylic oxidation sites excluding steroid dienone is 2. The molecule has 0 fully saturated rings. The van der Waals surface area contributed by atoms with E-state index in [1.807, 2.05) is 0 Å². The molecule has 2 aliphatic heterocycles. The van der Waals surface area contributed by atoms with Gasteiger partial charge in [0.15, 0.2) is 0 Å². The van der Waals surface area contributed by atoms with Gasteiger partial charge in [-0.3, -0.25) is 9.97 Å². The van der Waals surface area contributed by atoms with Crippen LogP contribution in [0, 0.1) is 0 Å². The quantitative estimate of drug-likeness (QED) is 0.123. The highest BCUT2D eigenvalue weighted by Gasteiger charge is 2.56. The first-order chi connectivity index (χ1) is 32.3. The van der Waals surface area contributed by atoms with E-state index in [1.54, 1.807) is 0 Å². The second-order valence-corrected chi connectivity index (χ2v) is 19.1. The number of hydrogen-bond donors (Lipinski definition) is 0. The third kappa shape index (κ3) is 5.45. The predicted octanol–water partition coefficient (Wildman–Crippen LogP) is 11.5. The van der Waals surface area contributed by atoms with Gasteiger partial charge in [0.1, 0.15) is 0 Å². The summed E-state index contributed by atoms with van der Waals surface area (Å²) < 4.78 is 0. The van der Waals surface area contributed by atoms with Gasteiger partial charge < -0.3 is 19.2 Å². The molecule has 0 atom stereocenters. The van der Waals surface area contributed by atoms with Crippen molar-refractivity contribution in [3.05, 3.63) is 240 Å². The molecule has 2 aromatic heterocycles. The Labute approximate surface area is 387 Å². The zero-order valence-electron chi connectivity index (χ0n) is 37.5. The van der Waals surface area contributed by atoms with E-state index >= 15 is 0 Å². The number of pyridine rings is 2. The van der Waals surface area contributed by atoms with Gasteiger partial charge in [0.2, 0.25) is 0 Å². The first kappa shape index (κ1) is 38.6. The second-order valence-electron chi connectivity index (χ2n) is 19.1. The molecule has 4 aliphatic rings. The molecule has 0 bridgehead atoms. The Kier molecular flexibility index (Phi) is 8.39. The van der Waals surface area contributed by atoms with Gasteiger partial charge in [-0.15, -0.1) is 0 Å². The fourth-order valence-corrected chi connectivity index (χ4v) is 11.8. The number of nitrogens with zero attached hydrogens (tertiary/aromatic N) is 6. The van der Waals surface area contributed by atoms with Crippen LogP contribution in [0.3, 0.4) is 0 Å². The molecule has 0 saturated carbocycles. The summed E-state index contributed by atoms with van der Waals surface area (Å²) in [5, 5.41) is 2.12. The van der Waals surface area contributed by atoms with Crippen molar-refractivity contribution in [2.24, 2.45) is 0 Å². The summed E-state index contributed by atoms with van der Waals surface area (Å²) in [6.45, 7) is 9.10. The van der Waals surface area contributed by atoms with Crippen molar-refractivity contribution in [2.75, 3.05) is 19.2 Å². The maximum atomic E-state index is 5.36. The van der Waals surface area contributed by atoms with Crippen molar-refractivity contribution in [1.29, 1.82) is 0 Å². The molecular formula is C58H46B2N6. The molecule has 9 aromatic rings. The molecule has 6 nitrogen and oxygen atoms in total. The fraction of sp³-hybridized carbons (Fsp3) is 0.103. The minimum Gasteiger partial charge on any atom is -0.363 e. The number of hydrogen-bond acceptors (Lipinski definition) is 6. The van der Waals surface area contributed by atoms with Gasteiger partial charge >= 0.3 is 14.0 Å². The smallest absolute Gasteiger partial charge is 0.363 e. The van der Waals surface area contributed by atoms with Crippen molar-refractivity contribution in [2.45, 2.75) is 38.5 Å². The molecule has 0 N–H and O–H groups in total. The van der Waals surface area contributed by atoms with E-state index in [-0.39, 0.29) is 24.8 Å².